The van der Waals surface area contributed by atoms with Crippen molar-refractivity contribution < 1.29 is 4.74 Å². The third-order valence-electron chi connectivity index (χ3n) is 6.10. The second-order valence-corrected chi connectivity index (χ2v) is 8.16. The lowest BCUT2D eigenvalue weighted by molar-refractivity contribution is 0.386. The summed E-state index contributed by atoms with van der Waals surface area (Å²) in [5.74, 6) is 0.657. The normalized spacial score (nSPS) is 17.4. The van der Waals surface area contributed by atoms with Crippen LogP contribution in [0.15, 0.2) is 48.7 Å². The van der Waals surface area contributed by atoms with Crippen LogP contribution in [0, 0.1) is 6.92 Å². The van der Waals surface area contributed by atoms with Gasteiger partial charge in [0.05, 0.1) is 30.4 Å². The van der Waals surface area contributed by atoms with E-state index in [4.69, 9.17) is 9.84 Å². The molecular formula is C24H26N4O. The zero-order valence-corrected chi connectivity index (χ0v) is 17.2. The SMILES string of the molecule is COc1ccc2c(Cc3ccc4cnn(C5CCN(C)C5)c4c3)ccc(C)c2n1. The predicted octanol–water partition coefficient (Wildman–Crippen LogP) is 4.37. The number of likely N-dealkylation sites (N-methyl/N-ethyl adjacent to an activating group) is 1. The van der Waals surface area contributed by atoms with E-state index < -0.39 is 0 Å². The van der Waals surface area contributed by atoms with Gasteiger partial charge in [-0.25, -0.2) is 4.98 Å². The van der Waals surface area contributed by atoms with Crippen molar-refractivity contribution in [3.63, 3.8) is 0 Å². The number of benzene rings is 2. The lowest BCUT2D eigenvalue weighted by Gasteiger charge is -2.13. The van der Waals surface area contributed by atoms with Crippen LogP contribution >= 0.6 is 0 Å². The van der Waals surface area contributed by atoms with Gasteiger partial charge in [-0.3, -0.25) is 4.68 Å². The highest BCUT2D eigenvalue weighted by Gasteiger charge is 2.23. The van der Waals surface area contributed by atoms with Crippen molar-refractivity contribution in [2.75, 3.05) is 27.2 Å². The van der Waals surface area contributed by atoms with Gasteiger partial charge in [-0.2, -0.15) is 5.10 Å². The molecule has 2 aromatic carbocycles. The number of rotatable bonds is 4. The van der Waals surface area contributed by atoms with E-state index in [0.29, 0.717) is 11.9 Å². The maximum atomic E-state index is 5.32. The van der Waals surface area contributed by atoms with Crippen molar-refractivity contribution in [1.29, 1.82) is 0 Å². The summed E-state index contributed by atoms with van der Waals surface area (Å²) >= 11 is 0. The third-order valence-corrected chi connectivity index (χ3v) is 6.10. The molecule has 1 aliphatic rings. The number of pyridine rings is 1. The molecule has 2 aromatic heterocycles. The zero-order valence-electron chi connectivity index (χ0n) is 17.2. The van der Waals surface area contributed by atoms with E-state index in [9.17, 15) is 0 Å². The van der Waals surface area contributed by atoms with Gasteiger partial charge in [0.1, 0.15) is 0 Å². The molecule has 0 amide bonds. The van der Waals surface area contributed by atoms with E-state index in [1.54, 1.807) is 7.11 Å². The standard InChI is InChI=1S/C24H26N4O/c1-16-4-6-18(21-8-9-23(29-3)26-24(16)21)12-17-5-7-19-14-25-28(22(19)13-17)20-10-11-27(2)15-20/h4-9,13-14,20H,10-12,15H2,1-3H3. The van der Waals surface area contributed by atoms with Gasteiger partial charge in [0.15, 0.2) is 0 Å². The fourth-order valence-corrected chi connectivity index (χ4v) is 4.48. The Balaban J connectivity index is 1.53. The van der Waals surface area contributed by atoms with E-state index in [-0.39, 0.29) is 0 Å². The molecule has 5 rings (SSSR count). The van der Waals surface area contributed by atoms with Crippen molar-refractivity contribution in [1.82, 2.24) is 19.7 Å². The van der Waals surface area contributed by atoms with Gasteiger partial charge in [-0.15, -0.1) is 0 Å². The molecule has 1 saturated heterocycles. The number of ether oxygens (including phenoxy) is 1. The van der Waals surface area contributed by atoms with E-state index >= 15 is 0 Å². The number of fused-ring (bicyclic) bond motifs is 2. The highest BCUT2D eigenvalue weighted by atomic mass is 16.5. The number of hydrogen-bond acceptors (Lipinski definition) is 4. The minimum absolute atomic E-state index is 0.463. The Bertz CT molecular complexity index is 1200. The molecule has 1 fully saturated rings. The Kier molecular flexibility index (Phi) is 4.47. The van der Waals surface area contributed by atoms with Gasteiger partial charge in [-0.1, -0.05) is 24.3 Å². The topological polar surface area (TPSA) is 43.2 Å². The van der Waals surface area contributed by atoms with Crippen LogP contribution in [0.25, 0.3) is 21.8 Å². The number of aromatic nitrogens is 3. The van der Waals surface area contributed by atoms with E-state index in [1.807, 2.05) is 12.3 Å². The molecule has 4 aromatic rings. The average molecular weight is 386 g/mol. The molecule has 3 heterocycles. The summed E-state index contributed by atoms with van der Waals surface area (Å²) in [6, 6.07) is 15.6. The summed E-state index contributed by atoms with van der Waals surface area (Å²) < 4.78 is 7.54. The van der Waals surface area contributed by atoms with Crippen molar-refractivity contribution in [3.8, 4) is 5.88 Å². The Hall–Kier alpha value is -2.92. The highest BCUT2D eigenvalue weighted by Crippen LogP contribution is 2.28. The fraction of sp³-hybridized carbons (Fsp3) is 0.333. The van der Waals surface area contributed by atoms with Gasteiger partial charge in [-0.05, 0) is 62.2 Å². The van der Waals surface area contributed by atoms with Crippen LogP contribution in [-0.4, -0.2) is 46.9 Å². The largest absolute Gasteiger partial charge is 0.481 e. The fourth-order valence-electron chi connectivity index (χ4n) is 4.48. The molecule has 0 N–H and O–H groups in total. The first-order valence-electron chi connectivity index (χ1n) is 10.2. The maximum Gasteiger partial charge on any atom is 0.213 e. The number of hydrogen-bond donors (Lipinski definition) is 0. The summed E-state index contributed by atoms with van der Waals surface area (Å²) in [7, 11) is 3.84. The van der Waals surface area contributed by atoms with E-state index in [1.165, 1.54) is 33.0 Å². The molecule has 0 saturated carbocycles. The van der Waals surface area contributed by atoms with Crippen molar-refractivity contribution >= 4 is 21.8 Å². The summed E-state index contributed by atoms with van der Waals surface area (Å²) in [6.07, 6.45) is 4.03. The number of nitrogens with zero attached hydrogens (tertiary/aromatic N) is 4. The second kappa shape index (κ2) is 7.16. The monoisotopic (exact) mass is 386 g/mol. The summed E-state index contributed by atoms with van der Waals surface area (Å²) in [5, 5.41) is 7.11. The Morgan fingerprint density at radius 3 is 2.83 bits per heavy atom. The Morgan fingerprint density at radius 1 is 1.14 bits per heavy atom. The smallest absolute Gasteiger partial charge is 0.213 e. The minimum Gasteiger partial charge on any atom is -0.481 e. The number of likely N-dealkylation sites (tertiary alicyclic amines) is 1. The molecule has 1 unspecified atom stereocenters. The molecule has 148 valence electrons. The highest BCUT2D eigenvalue weighted by molar-refractivity contribution is 5.86. The van der Waals surface area contributed by atoms with Crippen LogP contribution in [0.1, 0.15) is 29.2 Å². The Morgan fingerprint density at radius 2 is 2.03 bits per heavy atom. The molecule has 0 bridgehead atoms. The molecule has 29 heavy (non-hydrogen) atoms. The zero-order chi connectivity index (χ0) is 20.0. The van der Waals surface area contributed by atoms with Gasteiger partial charge in [0.2, 0.25) is 5.88 Å². The van der Waals surface area contributed by atoms with E-state index in [0.717, 1.165) is 31.4 Å². The Labute approximate surface area is 170 Å². The first kappa shape index (κ1) is 18.1. The maximum absolute atomic E-state index is 5.32. The molecule has 1 aliphatic heterocycles. The van der Waals surface area contributed by atoms with E-state index in [2.05, 4.69) is 64.9 Å². The van der Waals surface area contributed by atoms with Crippen LogP contribution < -0.4 is 4.74 Å². The van der Waals surface area contributed by atoms with Gasteiger partial charge < -0.3 is 9.64 Å². The van der Waals surface area contributed by atoms with Crippen molar-refractivity contribution in [2.24, 2.45) is 0 Å². The number of aryl methyl sites for hydroxylation is 1. The third kappa shape index (κ3) is 3.25. The molecule has 1 atom stereocenters. The number of methoxy groups -OCH3 is 1. The van der Waals surface area contributed by atoms with Crippen LogP contribution in [0.4, 0.5) is 0 Å². The van der Waals surface area contributed by atoms with Crippen LogP contribution in [0.3, 0.4) is 0 Å². The van der Waals surface area contributed by atoms with Gasteiger partial charge >= 0.3 is 0 Å². The average Bonchev–Trinajstić information content (AvgIpc) is 3.35. The predicted molar refractivity (Wildman–Crippen MR) is 117 cm³/mol. The molecule has 5 nitrogen and oxygen atoms in total. The van der Waals surface area contributed by atoms with Crippen LogP contribution in [0.2, 0.25) is 0 Å². The molecule has 5 heteroatoms. The molecule has 0 radical (unpaired) electrons. The van der Waals surface area contributed by atoms with Crippen molar-refractivity contribution in [3.05, 3.63) is 65.4 Å². The minimum atomic E-state index is 0.463. The summed E-state index contributed by atoms with van der Waals surface area (Å²) in [4.78, 5) is 7.05. The second-order valence-electron chi connectivity index (χ2n) is 8.16. The van der Waals surface area contributed by atoms with Gasteiger partial charge in [0.25, 0.3) is 0 Å². The lowest BCUT2D eigenvalue weighted by Crippen LogP contribution is -2.17. The first-order chi connectivity index (χ1) is 14.1. The molecular weight excluding hydrogens is 360 g/mol. The lowest BCUT2D eigenvalue weighted by atomic mass is 9.98. The van der Waals surface area contributed by atoms with Crippen molar-refractivity contribution in [2.45, 2.75) is 25.8 Å². The van der Waals surface area contributed by atoms with Gasteiger partial charge in [0, 0.05) is 23.4 Å². The first-order valence-corrected chi connectivity index (χ1v) is 10.2. The van der Waals surface area contributed by atoms with Crippen LogP contribution in [0.5, 0.6) is 5.88 Å². The summed E-state index contributed by atoms with van der Waals surface area (Å²) in [5.41, 5.74) is 6.00. The molecule has 0 aliphatic carbocycles. The molecule has 0 spiro atoms. The van der Waals surface area contributed by atoms with Crippen LogP contribution in [-0.2, 0) is 6.42 Å². The quantitative estimate of drug-likeness (QED) is 0.522. The summed E-state index contributed by atoms with van der Waals surface area (Å²) in [6.45, 7) is 4.30.